The average Bonchev–Trinajstić information content (AvgIpc) is 2.30. The monoisotopic (exact) mass is 354 g/mol. The van der Waals surface area contributed by atoms with Gasteiger partial charge < -0.3 is 16.2 Å². The molecule has 0 saturated heterocycles. The molecular formula is C11H13Cl3N4OS. The van der Waals surface area contributed by atoms with Gasteiger partial charge in [-0.25, -0.2) is 0 Å². The number of hydrogen-bond acceptors (Lipinski definition) is 3. The summed E-state index contributed by atoms with van der Waals surface area (Å²) >= 11 is 19.0. The molecule has 5 N–H and O–H groups in total. The summed E-state index contributed by atoms with van der Waals surface area (Å²) in [5.74, 6) is 0.916. The zero-order valence-electron chi connectivity index (χ0n) is 10.3. The highest BCUT2D eigenvalue weighted by molar-refractivity contribution is 8.13. The maximum atomic E-state index is 7.43. The Hall–Kier alpha value is -0.820. The van der Waals surface area contributed by atoms with E-state index in [-0.39, 0.29) is 11.1 Å². The number of aliphatic imine (C=N–C) groups is 1. The van der Waals surface area contributed by atoms with Gasteiger partial charge in [-0.15, -0.1) is 0 Å². The van der Waals surface area contributed by atoms with Crippen LogP contribution in [0, 0.1) is 5.41 Å². The Kier molecular flexibility index (Phi) is 7.29. The third-order valence-corrected chi connectivity index (χ3v) is 3.60. The van der Waals surface area contributed by atoms with Crippen LogP contribution in [0.15, 0.2) is 17.1 Å². The first kappa shape index (κ1) is 17.2. The zero-order chi connectivity index (χ0) is 15.1. The Morgan fingerprint density at radius 2 is 1.85 bits per heavy atom. The predicted octanol–water partition coefficient (Wildman–Crippen LogP) is 3.36. The van der Waals surface area contributed by atoms with E-state index in [1.165, 1.54) is 11.8 Å². The minimum atomic E-state index is -0.126. The number of halogens is 3. The highest BCUT2D eigenvalue weighted by Crippen LogP contribution is 2.35. The van der Waals surface area contributed by atoms with E-state index in [0.29, 0.717) is 39.6 Å². The Morgan fingerprint density at radius 3 is 2.40 bits per heavy atom. The number of nitrogens with zero attached hydrogens (tertiary/aromatic N) is 1. The smallest absolute Gasteiger partial charge is 0.193 e. The van der Waals surface area contributed by atoms with Crippen LogP contribution in [-0.4, -0.2) is 23.5 Å². The summed E-state index contributed by atoms with van der Waals surface area (Å²) in [5.41, 5.74) is 10.3. The Bertz CT molecular complexity index is 497. The molecule has 0 atom stereocenters. The van der Waals surface area contributed by atoms with Crippen molar-refractivity contribution in [2.24, 2.45) is 16.5 Å². The molecule has 0 saturated carbocycles. The normalized spacial score (nSPS) is 10.2. The van der Waals surface area contributed by atoms with Gasteiger partial charge in [-0.05, 0) is 18.6 Å². The van der Waals surface area contributed by atoms with Crippen LogP contribution in [0.25, 0.3) is 0 Å². The second kappa shape index (κ2) is 8.46. The van der Waals surface area contributed by atoms with Crippen LogP contribution in [0.4, 0.5) is 0 Å². The van der Waals surface area contributed by atoms with Crippen molar-refractivity contribution in [1.29, 1.82) is 5.41 Å². The number of rotatable bonds is 5. The molecule has 1 aromatic carbocycles. The minimum Gasteiger partial charge on any atom is -0.490 e. The summed E-state index contributed by atoms with van der Waals surface area (Å²) in [6.45, 7) is 0.406. The summed E-state index contributed by atoms with van der Waals surface area (Å²) in [6, 6.07) is 3.13. The molecule has 20 heavy (non-hydrogen) atoms. The van der Waals surface area contributed by atoms with E-state index < -0.39 is 0 Å². The fraction of sp³-hybridized carbons (Fsp3) is 0.273. The highest BCUT2D eigenvalue weighted by atomic mass is 35.5. The second-order valence-electron chi connectivity index (χ2n) is 3.59. The van der Waals surface area contributed by atoms with Crippen molar-refractivity contribution < 1.29 is 4.74 Å². The molecule has 5 nitrogen and oxygen atoms in total. The molecule has 0 fully saturated rings. The van der Waals surface area contributed by atoms with Gasteiger partial charge in [0.25, 0.3) is 0 Å². The number of guanidine groups is 1. The maximum absolute atomic E-state index is 7.43. The molecule has 0 heterocycles. The summed E-state index contributed by atoms with van der Waals surface area (Å²) in [7, 11) is 0. The van der Waals surface area contributed by atoms with E-state index in [2.05, 4.69) is 4.99 Å². The van der Waals surface area contributed by atoms with Gasteiger partial charge in [0, 0.05) is 10.8 Å². The van der Waals surface area contributed by atoms with E-state index >= 15 is 0 Å². The molecule has 1 aromatic rings. The number of benzene rings is 1. The van der Waals surface area contributed by atoms with E-state index in [4.69, 9.17) is 56.4 Å². The summed E-state index contributed by atoms with van der Waals surface area (Å²) in [6.07, 6.45) is 0.683. The van der Waals surface area contributed by atoms with Crippen LogP contribution in [0.2, 0.25) is 15.1 Å². The molecule has 0 spiro atoms. The van der Waals surface area contributed by atoms with Gasteiger partial charge in [-0.2, -0.15) is 4.99 Å². The lowest BCUT2D eigenvalue weighted by molar-refractivity contribution is 0.319. The van der Waals surface area contributed by atoms with Crippen LogP contribution in [-0.2, 0) is 0 Å². The molecule has 0 amide bonds. The van der Waals surface area contributed by atoms with Crippen molar-refractivity contribution >= 4 is 57.7 Å². The highest BCUT2D eigenvalue weighted by Gasteiger charge is 2.09. The molecule has 0 aliphatic heterocycles. The first-order chi connectivity index (χ1) is 9.40. The molecule has 0 radical (unpaired) electrons. The van der Waals surface area contributed by atoms with Crippen molar-refractivity contribution in [2.45, 2.75) is 6.42 Å². The van der Waals surface area contributed by atoms with Crippen LogP contribution in [0.1, 0.15) is 6.42 Å². The fourth-order valence-corrected chi connectivity index (χ4v) is 2.77. The summed E-state index contributed by atoms with van der Waals surface area (Å²) in [4.78, 5) is 3.59. The number of thioether (sulfide) groups is 1. The second-order valence-corrected chi connectivity index (χ2v) is 5.93. The predicted molar refractivity (Wildman–Crippen MR) is 87.6 cm³/mol. The van der Waals surface area contributed by atoms with Crippen LogP contribution < -0.4 is 16.2 Å². The summed E-state index contributed by atoms with van der Waals surface area (Å²) < 4.78 is 5.49. The SMILES string of the molecule is N=C(N=C(N)N)SCCCOc1c(Cl)cc(Cl)cc1Cl. The van der Waals surface area contributed by atoms with Crippen molar-refractivity contribution in [1.82, 2.24) is 0 Å². The van der Waals surface area contributed by atoms with Crippen molar-refractivity contribution in [3.63, 3.8) is 0 Å². The maximum Gasteiger partial charge on any atom is 0.193 e. The third kappa shape index (κ3) is 6.09. The first-order valence-electron chi connectivity index (χ1n) is 5.48. The number of nitrogens with one attached hydrogen (secondary N) is 1. The van der Waals surface area contributed by atoms with Crippen LogP contribution in [0.3, 0.4) is 0 Å². The number of amidine groups is 1. The summed E-state index contributed by atoms with van der Waals surface area (Å²) in [5, 5.41) is 8.67. The number of nitrogens with two attached hydrogens (primary N) is 2. The average molecular weight is 356 g/mol. The van der Waals surface area contributed by atoms with E-state index in [1.807, 2.05) is 0 Å². The van der Waals surface area contributed by atoms with Crippen molar-refractivity contribution in [3.05, 3.63) is 27.2 Å². The molecule has 0 aliphatic carbocycles. The van der Waals surface area contributed by atoms with Crippen molar-refractivity contribution in [2.75, 3.05) is 12.4 Å². The molecule has 9 heteroatoms. The van der Waals surface area contributed by atoms with E-state index in [1.54, 1.807) is 12.1 Å². The largest absolute Gasteiger partial charge is 0.490 e. The van der Waals surface area contributed by atoms with Gasteiger partial charge in [0.1, 0.15) is 0 Å². The van der Waals surface area contributed by atoms with Gasteiger partial charge in [-0.1, -0.05) is 46.6 Å². The standard InChI is InChI=1S/C11H13Cl3N4OS/c12-6-4-7(13)9(8(14)5-6)19-2-1-3-20-11(17)18-10(15)16/h4-5H,1-3H2,(H5,15,16,17,18). The lowest BCUT2D eigenvalue weighted by Crippen LogP contribution is -2.23. The molecular weight excluding hydrogens is 343 g/mol. The van der Waals surface area contributed by atoms with Crippen LogP contribution in [0.5, 0.6) is 5.75 Å². The fourth-order valence-electron chi connectivity index (χ4n) is 1.22. The molecule has 110 valence electrons. The lowest BCUT2D eigenvalue weighted by Gasteiger charge is -2.10. The van der Waals surface area contributed by atoms with Gasteiger partial charge in [-0.3, -0.25) is 5.41 Å². The lowest BCUT2D eigenvalue weighted by atomic mass is 10.3. The van der Waals surface area contributed by atoms with Gasteiger partial charge in [0.05, 0.1) is 16.7 Å². The quantitative estimate of drug-likeness (QED) is 0.428. The molecule has 0 aromatic heterocycles. The molecule has 0 bridgehead atoms. The number of hydrogen-bond donors (Lipinski definition) is 3. The minimum absolute atomic E-state index is 0.0626. The van der Waals surface area contributed by atoms with Crippen molar-refractivity contribution in [3.8, 4) is 5.75 Å². The zero-order valence-corrected chi connectivity index (χ0v) is 13.4. The van der Waals surface area contributed by atoms with Crippen LogP contribution >= 0.6 is 46.6 Å². The third-order valence-electron chi connectivity index (χ3n) is 1.97. The van der Waals surface area contributed by atoms with E-state index in [9.17, 15) is 0 Å². The first-order valence-corrected chi connectivity index (χ1v) is 7.60. The number of ether oxygens (including phenoxy) is 1. The molecule has 1 rings (SSSR count). The Labute approximate surface area is 136 Å². The Balaban J connectivity index is 2.35. The van der Waals surface area contributed by atoms with E-state index in [0.717, 1.165) is 0 Å². The molecule has 0 unspecified atom stereocenters. The van der Waals surface area contributed by atoms with Gasteiger partial charge >= 0.3 is 0 Å². The topological polar surface area (TPSA) is 97.5 Å². The molecule has 0 aliphatic rings. The van der Waals surface area contributed by atoms with Gasteiger partial charge in [0.15, 0.2) is 16.9 Å². The Morgan fingerprint density at radius 1 is 1.25 bits per heavy atom. The van der Waals surface area contributed by atoms with Gasteiger partial charge in [0.2, 0.25) is 0 Å².